The minimum atomic E-state index is 1.06. The monoisotopic (exact) mass is 160 g/mol. The highest BCUT2D eigenvalue weighted by Crippen LogP contribution is 2.19. The van der Waals surface area contributed by atoms with Gasteiger partial charge < -0.3 is 0 Å². The number of rotatable bonds is 1. The average molecular weight is 160 g/mol. The van der Waals surface area contributed by atoms with Crippen LogP contribution in [0.15, 0.2) is 18.3 Å². The summed E-state index contributed by atoms with van der Waals surface area (Å²) in [6, 6.07) is 2.23. The van der Waals surface area contributed by atoms with E-state index < -0.39 is 0 Å². The van der Waals surface area contributed by atoms with E-state index in [2.05, 4.69) is 42.8 Å². The van der Waals surface area contributed by atoms with Crippen molar-refractivity contribution in [3.05, 3.63) is 35.2 Å². The largest absolute Gasteiger partial charge is 0.202 e. The molecule has 12 heavy (non-hydrogen) atoms. The van der Waals surface area contributed by atoms with Crippen molar-refractivity contribution in [2.45, 2.75) is 26.8 Å². The zero-order chi connectivity index (χ0) is 8.55. The quantitative estimate of drug-likeness (QED) is 0.552. The molecule has 2 rings (SSSR count). The van der Waals surface area contributed by atoms with E-state index in [0.717, 1.165) is 13.0 Å². The molecule has 0 saturated heterocycles. The Bertz CT molecular complexity index is 337. The van der Waals surface area contributed by atoms with E-state index >= 15 is 0 Å². The van der Waals surface area contributed by atoms with E-state index in [9.17, 15) is 0 Å². The maximum atomic E-state index is 2.29. The van der Waals surface area contributed by atoms with Gasteiger partial charge >= 0.3 is 0 Å². The zero-order valence-corrected chi connectivity index (χ0v) is 7.67. The minimum absolute atomic E-state index is 1.06. The molecular weight excluding hydrogens is 146 g/mol. The Hall–Kier alpha value is -1.11. The molecule has 0 saturated carbocycles. The van der Waals surface area contributed by atoms with Gasteiger partial charge in [-0.25, -0.2) is 4.57 Å². The molecule has 0 N–H and O–H groups in total. The van der Waals surface area contributed by atoms with Gasteiger partial charge in [0.25, 0.3) is 0 Å². The number of nitrogens with zero attached hydrogens (tertiary/aromatic N) is 1. The zero-order valence-electron chi connectivity index (χ0n) is 7.67. The normalized spacial score (nSPS) is 13.5. The second-order valence-corrected chi connectivity index (χ2v) is 3.23. The molecule has 0 bridgehead atoms. The fraction of sp³-hybridized carbons (Fsp3) is 0.364. The van der Waals surface area contributed by atoms with Crippen molar-refractivity contribution < 1.29 is 4.57 Å². The van der Waals surface area contributed by atoms with Crippen molar-refractivity contribution >= 4 is 6.08 Å². The third kappa shape index (κ3) is 0.970. The van der Waals surface area contributed by atoms with Crippen molar-refractivity contribution in [2.24, 2.45) is 0 Å². The van der Waals surface area contributed by atoms with Gasteiger partial charge in [-0.3, -0.25) is 0 Å². The molecule has 0 aromatic carbocycles. The first-order valence-corrected chi connectivity index (χ1v) is 4.51. The summed E-state index contributed by atoms with van der Waals surface area (Å²) < 4.78 is 2.29. The first kappa shape index (κ1) is 7.53. The van der Waals surface area contributed by atoms with Crippen LogP contribution >= 0.6 is 0 Å². The van der Waals surface area contributed by atoms with E-state index in [1.807, 2.05) is 0 Å². The summed E-state index contributed by atoms with van der Waals surface area (Å²) in [5.74, 6) is 0. The van der Waals surface area contributed by atoms with Crippen LogP contribution in [0.4, 0.5) is 0 Å². The summed E-state index contributed by atoms with van der Waals surface area (Å²) in [6.07, 6.45) is 7.76. The van der Waals surface area contributed by atoms with Gasteiger partial charge in [-0.05, 0) is 18.9 Å². The Kier molecular flexibility index (Phi) is 1.72. The lowest BCUT2D eigenvalue weighted by Gasteiger charge is -2.02. The van der Waals surface area contributed by atoms with Gasteiger partial charge in [-0.2, -0.15) is 0 Å². The number of hydrogen-bond acceptors (Lipinski definition) is 0. The predicted molar refractivity (Wildman–Crippen MR) is 49.8 cm³/mol. The van der Waals surface area contributed by atoms with E-state index in [-0.39, 0.29) is 0 Å². The lowest BCUT2D eigenvalue weighted by Crippen LogP contribution is -2.36. The molecule has 0 radical (unpaired) electrons. The molecule has 1 nitrogen and oxygen atoms in total. The Morgan fingerprint density at radius 2 is 2.33 bits per heavy atom. The maximum Gasteiger partial charge on any atom is 0.185 e. The standard InChI is InChI=1S/C11H14N/c1-3-12-8-7-10-5-4-6-11(10)9(12)2/h4,6-8H,3,5H2,1-2H3/q+1. The minimum Gasteiger partial charge on any atom is -0.202 e. The van der Waals surface area contributed by atoms with Crippen LogP contribution in [0.5, 0.6) is 0 Å². The van der Waals surface area contributed by atoms with E-state index in [4.69, 9.17) is 0 Å². The Labute approximate surface area is 73.4 Å². The molecule has 0 spiro atoms. The summed E-state index contributed by atoms with van der Waals surface area (Å²) in [5, 5.41) is 0. The molecule has 0 amide bonds. The molecule has 62 valence electrons. The van der Waals surface area contributed by atoms with Crippen LogP contribution in [0.2, 0.25) is 0 Å². The van der Waals surface area contributed by atoms with Gasteiger partial charge in [0.15, 0.2) is 11.9 Å². The van der Waals surface area contributed by atoms with Gasteiger partial charge in [0.05, 0.1) is 0 Å². The number of aryl methyl sites for hydroxylation is 1. The third-order valence-corrected chi connectivity index (χ3v) is 2.59. The van der Waals surface area contributed by atoms with Crippen molar-refractivity contribution in [2.75, 3.05) is 0 Å². The SMILES string of the molecule is CC[n+]1ccc2c(c1C)C=CC2. The first-order chi connectivity index (χ1) is 5.83. The van der Waals surface area contributed by atoms with Gasteiger partial charge in [0, 0.05) is 18.6 Å². The summed E-state index contributed by atoms with van der Waals surface area (Å²) in [6.45, 7) is 5.43. The Balaban J connectivity index is 2.60. The van der Waals surface area contributed by atoms with Crippen molar-refractivity contribution in [1.82, 2.24) is 0 Å². The van der Waals surface area contributed by atoms with Crippen molar-refractivity contribution in [1.29, 1.82) is 0 Å². The molecule has 0 aliphatic heterocycles. The smallest absolute Gasteiger partial charge is 0.185 e. The lowest BCUT2D eigenvalue weighted by molar-refractivity contribution is -0.699. The first-order valence-electron chi connectivity index (χ1n) is 4.51. The van der Waals surface area contributed by atoms with Gasteiger partial charge in [-0.1, -0.05) is 12.2 Å². The molecule has 0 fully saturated rings. The molecule has 1 aliphatic carbocycles. The molecular formula is C11H14N+. The third-order valence-electron chi connectivity index (χ3n) is 2.59. The highest BCUT2D eigenvalue weighted by atomic mass is 14.9. The number of hydrogen-bond donors (Lipinski definition) is 0. The second-order valence-electron chi connectivity index (χ2n) is 3.23. The van der Waals surface area contributed by atoms with Crippen LogP contribution in [0, 0.1) is 6.92 Å². The molecule has 1 heterocycles. The molecule has 1 aromatic heterocycles. The lowest BCUT2D eigenvalue weighted by atomic mass is 10.1. The Morgan fingerprint density at radius 3 is 3.08 bits per heavy atom. The average Bonchev–Trinajstić information content (AvgIpc) is 2.53. The Morgan fingerprint density at radius 1 is 1.50 bits per heavy atom. The number of pyridine rings is 1. The molecule has 1 aromatic rings. The van der Waals surface area contributed by atoms with Crippen LogP contribution < -0.4 is 4.57 Å². The van der Waals surface area contributed by atoms with Crippen LogP contribution in [0.1, 0.15) is 23.7 Å². The van der Waals surface area contributed by atoms with Crippen molar-refractivity contribution in [3.63, 3.8) is 0 Å². The molecule has 0 atom stereocenters. The van der Waals surface area contributed by atoms with Crippen molar-refractivity contribution in [3.8, 4) is 0 Å². The number of aromatic nitrogens is 1. The topological polar surface area (TPSA) is 3.88 Å². The number of allylic oxidation sites excluding steroid dienone is 1. The highest BCUT2D eigenvalue weighted by molar-refractivity contribution is 5.60. The highest BCUT2D eigenvalue weighted by Gasteiger charge is 2.14. The molecule has 1 aliphatic rings. The number of fused-ring (bicyclic) bond motifs is 1. The fourth-order valence-corrected chi connectivity index (χ4v) is 1.82. The van der Waals surface area contributed by atoms with Crippen LogP contribution in [0.3, 0.4) is 0 Å². The maximum absolute atomic E-state index is 2.29. The van der Waals surface area contributed by atoms with Crippen LogP contribution in [-0.2, 0) is 13.0 Å². The van der Waals surface area contributed by atoms with Gasteiger partial charge in [-0.15, -0.1) is 0 Å². The van der Waals surface area contributed by atoms with Crippen LogP contribution in [-0.4, -0.2) is 0 Å². The van der Waals surface area contributed by atoms with Crippen LogP contribution in [0.25, 0.3) is 6.08 Å². The van der Waals surface area contributed by atoms with Gasteiger partial charge in [0.2, 0.25) is 0 Å². The summed E-state index contributed by atoms with van der Waals surface area (Å²) in [4.78, 5) is 0. The molecule has 1 heteroatoms. The van der Waals surface area contributed by atoms with E-state index in [0.29, 0.717) is 0 Å². The second kappa shape index (κ2) is 2.74. The van der Waals surface area contributed by atoms with E-state index in [1.165, 1.54) is 16.8 Å². The summed E-state index contributed by atoms with van der Waals surface area (Å²) in [7, 11) is 0. The van der Waals surface area contributed by atoms with E-state index in [1.54, 1.807) is 0 Å². The summed E-state index contributed by atoms with van der Waals surface area (Å²) >= 11 is 0. The summed E-state index contributed by atoms with van der Waals surface area (Å²) in [5.41, 5.74) is 4.29. The van der Waals surface area contributed by atoms with Gasteiger partial charge in [0.1, 0.15) is 6.54 Å². The predicted octanol–water partition coefficient (Wildman–Crippen LogP) is 1.87. The molecule has 0 unspecified atom stereocenters. The fourth-order valence-electron chi connectivity index (χ4n) is 1.82.